The Labute approximate surface area is 124 Å². The normalized spacial score (nSPS) is 18.4. The minimum absolute atomic E-state index is 0.127. The van der Waals surface area contributed by atoms with E-state index in [-0.39, 0.29) is 5.75 Å². The minimum Gasteiger partial charge on any atom is -0.494 e. The summed E-state index contributed by atoms with van der Waals surface area (Å²) in [6.07, 6.45) is 0. The van der Waals surface area contributed by atoms with Gasteiger partial charge in [-0.2, -0.15) is 17.4 Å². The lowest BCUT2D eigenvalue weighted by Gasteiger charge is -2.27. The second-order valence-electron chi connectivity index (χ2n) is 4.75. The Balaban J connectivity index is 2.09. The van der Waals surface area contributed by atoms with Crippen LogP contribution in [0.15, 0.2) is 18.2 Å². The van der Waals surface area contributed by atoms with Crippen molar-refractivity contribution in [3.8, 4) is 5.75 Å². The number of ether oxygens (including phenoxy) is 2. The molecule has 1 saturated heterocycles. The van der Waals surface area contributed by atoms with E-state index in [4.69, 9.17) is 9.47 Å². The summed E-state index contributed by atoms with van der Waals surface area (Å²) in [7, 11) is -2.23. The highest BCUT2D eigenvalue weighted by Gasteiger charge is 2.26. The first kappa shape index (κ1) is 16.2. The molecule has 1 aromatic rings. The number of hydrogen-bond donors (Lipinski definition) is 1. The summed E-state index contributed by atoms with van der Waals surface area (Å²) in [4.78, 5) is 0. The predicted molar refractivity (Wildman–Crippen MR) is 75.8 cm³/mol. The maximum atomic E-state index is 13.7. The van der Waals surface area contributed by atoms with E-state index in [2.05, 4.69) is 4.72 Å². The fourth-order valence-corrected chi connectivity index (χ4v) is 3.47. The van der Waals surface area contributed by atoms with E-state index in [0.29, 0.717) is 31.9 Å². The van der Waals surface area contributed by atoms with E-state index in [9.17, 15) is 12.8 Å². The second kappa shape index (κ2) is 6.69. The topological polar surface area (TPSA) is 67.9 Å². The molecule has 8 heteroatoms. The first-order chi connectivity index (χ1) is 9.94. The molecule has 0 saturated carbocycles. The molecule has 1 aromatic carbocycles. The van der Waals surface area contributed by atoms with E-state index in [1.807, 2.05) is 0 Å². The highest BCUT2D eigenvalue weighted by Crippen LogP contribution is 2.22. The van der Waals surface area contributed by atoms with Crippen LogP contribution in [0, 0.1) is 5.82 Å². The van der Waals surface area contributed by atoms with Crippen LogP contribution in [0.1, 0.15) is 18.5 Å². The van der Waals surface area contributed by atoms with Crippen molar-refractivity contribution < 1.29 is 22.3 Å². The van der Waals surface area contributed by atoms with Gasteiger partial charge in [0.2, 0.25) is 0 Å². The number of morpholine rings is 1. The quantitative estimate of drug-likeness (QED) is 0.881. The predicted octanol–water partition coefficient (Wildman–Crippen LogP) is 1.06. The van der Waals surface area contributed by atoms with Gasteiger partial charge in [-0.3, -0.25) is 0 Å². The molecule has 1 heterocycles. The average molecular weight is 318 g/mol. The molecule has 21 heavy (non-hydrogen) atoms. The molecule has 0 spiro atoms. The first-order valence-corrected chi connectivity index (χ1v) is 8.06. The second-order valence-corrected chi connectivity index (χ2v) is 6.45. The molecule has 0 bridgehead atoms. The van der Waals surface area contributed by atoms with Gasteiger partial charge in [0.15, 0.2) is 11.6 Å². The van der Waals surface area contributed by atoms with Crippen molar-refractivity contribution in [2.24, 2.45) is 0 Å². The number of hydrogen-bond acceptors (Lipinski definition) is 4. The maximum Gasteiger partial charge on any atom is 0.280 e. The largest absolute Gasteiger partial charge is 0.494 e. The zero-order valence-electron chi connectivity index (χ0n) is 12.0. The maximum absolute atomic E-state index is 13.7. The molecular formula is C13H19FN2O4S. The van der Waals surface area contributed by atoms with Crippen LogP contribution in [0.25, 0.3) is 0 Å². The Morgan fingerprint density at radius 3 is 2.62 bits per heavy atom. The van der Waals surface area contributed by atoms with Gasteiger partial charge in [0, 0.05) is 19.1 Å². The Bertz CT molecular complexity index is 588. The summed E-state index contributed by atoms with van der Waals surface area (Å²) < 4.78 is 51.9. The molecule has 0 aromatic heterocycles. The standard InChI is InChI=1S/C13H19FN2O4S/c1-10(11-3-4-13(19-2)12(14)9-11)15-21(17,18)16-5-7-20-8-6-16/h3-4,9-10,15H,5-8H2,1-2H3/t10-/m0/s1. The molecule has 0 aliphatic carbocycles. The van der Waals surface area contributed by atoms with Gasteiger partial charge in [-0.25, -0.2) is 4.39 Å². The molecule has 6 nitrogen and oxygen atoms in total. The number of nitrogens with zero attached hydrogens (tertiary/aromatic N) is 1. The monoisotopic (exact) mass is 318 g/mol. The van der Waals surface area contributed by atoms with Crippen molar-refractivity contribution in [3.63, 3.8) is 0 Å². The van der Waals surface area contributed by atoms with Crippen molar-refractivity contribution >= 4 is 10.2 Å². The highest BCUT2D eigenvalue weighted by atomic mass is 32.2. The van der Waals surface area contributed by atoms with E-state index < -0.39 is 22.1 Å². The van der Waals surface area contributed by atoms with E-state index in [1.54, 1.807) is 13.0 Å². The fraction of sp³-hybridized carbons (Fsp3) is 0.538. The van der Waals surface area contributed by atoms with Gasteiger partial charge >= 0.3 is 0 Å². The molecule has 118 valence electrons. The molecule has 0 radical (unpaired) electrons. The number of halogens is 1. The van der Waals surface area contributed by atoms with Crippen molar-refractivity contribution in [1.82, 2.24) is 9.03 Å². The van der Waals surface area contributed by atoms with E-state index in [1.165, 1.54) is 23.5 Å². The summed E-state index contributed by atoms with van der Waals surface area (Å²) in [6, 6.07) is 3.84. The molecular weight excluding hydrogens is 299 g/mol. The van der Waals surface area contributed by atoms with Gasteiger partial charge in [-0.05, 0) is 24.6 Å². The molecule has 0 unspecified atom stereocenters. The Morgan fingerprint density at radius 2 is 2.05 bits per heavy atom. The Morgan fingerprint density at radius 1 is 1.38 bits per heavy atom. The lowest BCUT2D eigenvalue weighted by molar-refractivity contribution is 0.0723. The van der Waals surface area contributed by atoms with Gasteiger partial charge in [0.05, 0.1) is 20.3 Å². The van der Waals surface area contributed by atoms with Crippen LogP contribution in [-0.4, -0.2) is 46.1 Å². The molecule has 0 amide bonds. The molecule has 1 aliphatic heterocycles. The zero-order valence-corrected chi connectivity index (χ0v) is 12.8. The zero-order chi connectivity index (χ0) is 15.5. The third-order valence-corrected chi connectivity index (χ3v) is 5.01. The van der Waals surface area contributed by atoms with Crippen LogP contribution in [0.3, 0.4) is 0 Å². The lowest BCUT2D eigenvalue weighted by atomic mass is 10.1. The summed E-state index contributed by atoms with van der Waals surface area (Å²) in [5.74, 6) is -0.394. The van der Waals surface area contributed by atoms with Gasteiger partial charge in [-0.15, -0.1) is 0 Å². The van der Waals surface area contributed by atoms with Crippen LogP contribution in [0.5, 0.6) is 5.75 Å². The van der Waals surface area contributed by atoms with Gasteiger partial charge in [0.1, 0.15) is 0 Å². The Hall–Kier alpha value is -1.22. The van der Waals surface area contributed by atoms with Crippen molar-refractivity contribution in [2.75, 3.05) is 33.4 Å². The third kappa shape index (κ3) is 3.91. The number of benzene rings is 1. The smallest absolute Gasteiger partial charge is 0.280 e. The number of rotatable bonds is 5. The van der Waals surface area contributed by atoms with Crippen LogP contribution in [0.2, 0.25) is 0 Å². The molecule has 2 rings (SSSR count). The average Bonchev–Trinajstić information content (AvgIpc) is 2.47. The summed E-state index contributed by atoms with van der Waals surface area (Å²) in [6.45, 7) is 3.07. The van der Waals surface area contributed by atoms with Gasteiger partial charge in [0.25, 0.3) is 10.2 Å². The van der Waals surface area contributed by atoms with Crippen molar-refractivity contribution in [2.45, 2.75) is 13.0 Å². The van der Waals surface area contributed by atoms with E-state index in [0.717, 1.165) is 0 Å². The summed E-state index contributed by atoms with van der Waals surface area (Å²) >= 11 is 0. The number of nitrogens with one attached hydrogen (secondary N) is 1. The summed E-state index contributed by atoms with van der Waals surface area (Å²) in [5, 5.41) is 0. The van der Waals surface area contributed by atoms with Gasteiger partial charge in [-0.1, -0.05) is 6.07 Å². The number of methoxy groups -OCH3 is 1. The van der Waals surface area contributed by atoms with Crippen LogP contribution in [0.4, 0.5) is 4.39 Å². The van der Waals surface area contributed by atoms with Crippen molar-refractivity contribution in [1.29, 1.82) is 0 Å². The Kier molecular flexibility index (Phi) is 5.15. The van der Waals surface area contributed by atoms with E-state index >= 15 is 0 Å². The molecule has 1 aliphatic rings. The molecule has 1 atom stereocenters. The molecule has 1 N–H and O–H groups in total. The minimum atomic E-state index is -3.61. The van der Waals surface area contributed by atoms with Crippen LogP contribution < -0.4 is 9.46 Å². The fourth-order valence-electron chi connectivity index (χ4n) is 2.10. The first-order valence-electron chi connectivity index (χ1n) is 6.62. The summed E-state index contributed by atoms with van der Waals surface area (Å²) in [5.41, 5.74) is 0.533. The third-order valence-electron chi connectivity index (χ3n) is 3.31. The van der Waals surface area contributed by atoms with Gasteiger partial charge < -0.3 is 9.47 Å². The van der Waals surface area contributed by atoms with Crippen LogP contribution in [-0.2, 0) is 14.9 Å². The van der Waals surface area contributed by atoms with Crippen LogP contribution >= 0.6 is 0 Å². The SMILES string of the molecule is COc1ccc([C@H](C)NS(=O)(=O)N2CCOCC2)cc1F. The molecule has 1 fully saturated rings. The lowest BCUT2D eigenvalue weighted by Crippen LogP contribution is -2.47. The highest BCUT2D eigenvalue weighted by molar-refractivity contribution is 7.87. The van der Waals surface area contributed by atoms with Crippen molar-refractivity contribution in [3.05, 3.63) is 29.6 Å².